The molecule has 1 heterocycles. The molecule has 1 fully saturated rings. The van der Waals surface area contributed by atoms with Crippen LogP contribution in [0.5, 0.6) is 0 Å². The SMILES string of the molecule is Cc1ccc(NC(=O)c2ccc(CN3CC[C@H](N(C)C)C3)c(C(F)(F)F)c2)cc1N. The van der Waals surface area contributed by atoms with E-state index < -0.39 is 17.6 Å². The summed E-state index contributed by atoms with van der Waals surface area (Å²) in [7, 11) is 3.95. The van der Waals surface area contributed by atoms with Gasteiger partial charge in [0.05, 0.1) is 5.56 Å². The van der Waals surface area contributed by atoms with Crippen LogP contribution in [0.4, 0.5) is 24.5 Å². The lowest BCUT2D eigenvalue weighted by molar-refractivity contribution is -0.138. The first-order chi connectivity index (χ1) is 14.0. The van der Waals surface area contributed by atoms with Gasteiger partial charge in [0.25, 0.3) is 5.91 Å². The molecule has 1 aliphatic rings. The number of aryl methyl sites for hydroxylation is 1. The van der Waals surface area contributed by atoms with Gasteiger partial charge < -0.3 is 16.0 Å². The van der Waals surface area contributed by atoms with Gasteiger partial charge in [-0.25, -0.2) is 0 Å². The number of carbonyl (C=O) groups excluding carboxylic acids is 1. The summed E-state index contributed by atoms with van der Waals surface area (Å²) in [5.41, 5.74) is 6.99. The third-order valence-electron chi connectivity index (χ3n) is 5.59. The van der Waals surface area contributed by atoms with Crippen LogP contribution >= 0.6 is 0 Å². The van der Waals surface area contributed by atoms with E-state index in [-0.39, 0.29) is 17.7 Å². The molecule has 0 bridgehead atoms. The fourth-order valence-electron chi connectivity index (χ4n) is 3.66. The van der Waals surface area contributed by atoms with Gasteiger partial charge in [0.1, 0.15) is 0 Å². The fourth-order valence-corrected chi connectivity index (χ4v) is 3.66. The highest BCUT2D eigenvalue weighted by Gasteiger charge is 2.35. The number of benzene rings is 2. The van der Waals surface area contributed by atoms with Crippen LogP contribution in [0.3, 0.4) is 0 Å². The summed E-state index contributed by atoms with van der Waals surface area (Å²) in [6, 6.07) is 9.11. The number of rotatable bonds is 5. The lowest BCUT2D eigenvalue weighted by atomic mass is 10.0. The second kappa shape index (κ2) is 8.65. The zero-order valence-corrected chi connectivity index (χ0v) is 17.4. The molecule has 1 atom stereocenters. The number of nitrogens with one attached hydrogen (secondary N) is 1. The highest BCUT2D eigenvalue weighted by atomic mass is 19.4. The van der Waals surface area contributed by atoms with Crippen molar-refractivity contribution in [3.63, 3.8) is 0 Å². The Kier molecular flexibility index (Phi) is 6.38. The van der Waals surface area contributed by atoms with E-state index in [1.165, 1.54) is 12.1 Å². The first kappa shape index (κ1) is 22.1. The topological polar surface area (TPSA) is 61.6 Å². The molecule has 3 rings (SSSR count). The number of amides is 1. The van der Waals surface area contributed by atoms with E-state index in [2.05, 4.69) is 10.2 Å². The molecule has 2 aromatic rings. The van der Waals surface area contributed by atoms with Crippen LogP contribution in [-0.4, -0.2) is 48.9 Å². The highest BCUT2D eigenvalue weighted by molar-refractivity contribution is 6.04. The Morgan fingerprint density at radius 3 is 2.57 bits per heavy atom. The predicted molar refractivity (Wildman–Crippen MR) is 112 cm³/mol. The van der Waals surface area contributed by atoms with Crippen LogP contribution in [0.2, 0.25) is 0 Å². The lowest BCUT2D eigenvalue weighted by Crippen LogP contribution is -2.31. The maximum Gasteiger partial charge on any atom is 0.416 e. The zero-order valence-electron chi connectivity index (χ0n) is 17.4. The number of likely N-dealkylation sites (tertiary alicyclic amines) is 1. The summed E-state index contributed by atoms with van der Waals surface area (Å²) in [6.07, 6.45) is -3.62. The van der Waals surface area contributed by atoms with Crippen molar-refractivity contribution in [3.05, 3.63) is 58.7 Å². The van der Waals surface area contributed by atoms with Crippen molar-refractivity contribution >= 4 is 17.3 Å². The third kappa shape index (κ3) is 5.12. The van der Waals surface area contributed by atoms with Crippen molar-refractivity contribution in [1.29, 1.82) is 0 Å². The van der Waals surface area contributed by atoms with Crippen LogP contribution in [-0.2, 0) is 12.7 Å². The summed E-state index contributed by atoms with van der Waals surface area (Å²) in [6.45, 7) is 3.50. The second-order valence-corrected chi connectivity index (χ2v) is 8.04. The largest absolute Gasteiger partial charge is 0.416 e. The Bertz CT molecular complexity index is 927. The van der Waals surface area contributed by atoms with E-state index in [1.54, 1.807) is 18.2 Å². The molecular weight excluding hydrogens is 393 g/mol. The van der Waals surface area contributed by atoms with E-state index in [9.17, 15) is 18.0 Å². The highest BCUT2D eigenvalue weighted by Crippen LogP contribution is 2.34. The molecule has 0 unspecified atom stereocenters. The molecule has 1 amide bonds. The van der Waals surface area contributed by atoms with Gasteiger partial charge in [0, 0.05) is 42.6 Å². The maximum atomic E-state index is 13.7. The van der Waals surface area contributed by atoms with Gasteiger partial charge >= 0.3 is 6.18 Å². The molecule has 1 saturated heterocycles. The van der Waals surface area contributed by atoms with Gasteiger partial charge in [0.2, 0.25) is 0 Å². The number of hydrogen-bond donors (Lipinski definition) is 2. The minimum atomic E-state index is -4.54. The molecule has 0 saturated carbocycles. The molecule has 1 aliphatic heterocycles. The van der Waals surface area contributed by atoms with Gasteiger partial charge in [-0.3, -0.25) is 9.69 Å². The molecule has 0 aliphatic carbocycles. The number of nitrogens with two attached hydrogens (primary N) is 1. The number of carbonyl (C=O) groups is 1. The molecule has 3 N–H and O–H groups in total. The fraction of sp³-hybridized carbons (Fsp3) is 0.409. The summed E-state index contributed by atoms with van der Waals surface area (Å²) in [5.74, 6) is -0.607. The number of nitrogen functional groups attached to an aromatic ring is 1. The van der Waals surface area contributed by atoms with Crippen molar-refractivity contribution < 1.29 is 18.0 Å². The Morgan fingerprint density at radius 1 is 1.23 bits per heavy atom. The molecular formula is C22H27F3N4O. The van der Waals surface area contributed by atoms with Crippen molar-refractivity contribution in [2.24, 2.45) is 0 Å². The first-order valence-electron chi connectivity index (χ1n) is 9.81. The molecule has 30 heavy (non-hydrogen) atoms. The first-order valence-corrected chi connectivity index (χ1v) is 9.81. The second-order valence-electron chi connectivity index (χ2n) is 8.04. The Balaban J connectivity index is 1.80. The van der Waals surface area contributed by atoms with Crippen LogP contribution in [0.15, 0.2) is 36.4 Å². The summed E-state index contributed by atoms with van der Waals surface area (Å²) >= 11 is 0. The number of halogens is 3. The smallest absolute Gasteiger partial charge is 0.398 e. The Hall–Kier alpha value is -2.58. The predicted octanol–water partition coefficient (Wildman–Crippen LogP) is 3.98. The van der Waals surface area contributed by atoms with Crippen LogP contribution in [0.25, 0.3) is 0 Å². The van der Waals surface area contributed by atoms with E-state index in [1.807, 2.05) is 25.9 Å². The molecule has 2 aromatic carbocycles. The minimum Gasteiger partial charge on any atom is -0.398 e. The van der Waals surface area contributed by atoms with E-state index in [4.69, 9.17) is 5.73 Å². The van der Waals surface area contributed by atoms with Crippen molar-refractivity contribution in [1.82, 2.24) is 9.80 Å². The van der Waals surface area contributed by atoms with E-state index >= 15 is 0 Å². The van der Waals surface area contributed by atoms with Gasteiger partial charge in [-0.2, -0.15) is 13.2 Å². The standard InChI is InChI=1S/C22H27F3N4O/c1-14-4-7-17(11-20(14)26)27-21(30)15-5-6-16(19(10-15)22(23,24)25)12-29-9-8-18(13-29)28(2)3/h4-7,10-11,18H,8-9,12-13,26H2,1-3H3,(H,27,30)/t18-/m0/s1. The quantitative estimate of drug-likeness (QED) is 0.719. The van der Waals surface area contributed by atoms with Crippen molar-refractivity contribution in [3.8, 4) is 0 Å². The number of hydrogen-bond acceptors (Lipinski definition) is 4. The number of likely N-dealkylation sites (N-methyl/N-ethyl adjacent to an activating group) is 1. The van der Waals surface area contributed by atoms with Crippen LogP contribution < -0.4 is 11.1 Å². The van der Waals surface area contributed by atoms with Gasteiger partial charge in [-0.05, 0) is 62.8 Å². The van der Waals surface area contributed by atoms with Crippen molar-refractivity contribution in [2.75, 3.05) is 38.2 Å². The van der Waals surface area contributed by atoms with Crippen molar-refractivity contribution in [2.45, 2.75) is 32.1 Å². The minimum absolute atomic E-state index is 0.0437. The average Bonchev–Trinajstić information content (AvgIpc) is 3.13. The molecule has 5 nitrogen and oxygen atoms in total. The molecule has 162 valence electrons. The summed E-state index contributed by atoms with van der Waals surface area (Å²) in [4.78, 5) is 16.6. The molecule has 0 aromatic heterocycles. The molecule has 0 radical (unpaired) electrons. The van der Waals surface area contributed by atoms with Gasteiger partial charge in [-0.15, -0.1) is 0 Å². The monoisotopic (exact) mass is 420 g/mol. The number of alkyl halides is 3. The number of nitrogens with zero attached hydrogens (tertiary/aromatic N) is 2. The van der Waals surface area contributed by atoms with Crippen LogP contribution in [0.1, 0.15) is 33.5 Å². The normalized spacial score (nSPS) is 17.5. The third-order valence-corrected chi connectivity index (χ3v) is 5.59. The zero-order chi connectivity index (χ0) is 22.1. The lowest BCUT2D eigenvalue weighted by Gasteiger charge is -2.22. The Morgan fingerprint density at radius 2 is 1.97 bits per heavy atom. The molecule has 0 spiro atoms. The number of anilines is 2. The van der Waals surface area contributed by atoms with Gasteiger partial charge in [-0.1, -0.05) is 12.1 Å². The summed E-state index contributed by atoms with van der Waals surface area (Å²) in [5, 5.41) is 2.61. The van der Waals surface area contributed by atoms with E-state index in [0.717, 1.165) is 31.1 Å². The van der Waals surface area contributed by atoms with Gasteiger partial charge in [0.15, 0.2) is 0 Å². The maximum absolute atomic E-state index is 13.7. The average molecular weight is 420 g/mol. The summed E-state index contributed by atoms with van der Waals surface area (Å²) < 4.78 is 41.2. The van der Waals surface area contributed by atoms with Crippen LogP contribution in [0, 0.1) is 6.92 Å². The van der Waals surface area contributed by atoms with E-state index in [0.29, 0.717) is 17.4 Å². The Labute approximate surface area is 174 Å². The molecule has 8 heteroatoms.